The molecule has 248 valence electrons. The Morgan fingerprint density at radius 2 is 1.29 bits per heavy atom. The van der Waals surface area contributed by atoms with Gasteiger partial charge < -0.3 is 13.9 Å². The SMILES string of the molecule is CC1(C)c2ccccc2-c2ccc(N(c3cc(-c4cccnc4)cc(-c4cnco4)c3)c3ccc4c(c3)c3ccccc3n4-c3ccccc3)cc21. The summed E-state index contributed by atoms with van der Waals surface area (Å²) in [7, 11) is 0. The van der Waals surface area contributed by atoms with Crippen LogP contribution in [0, 0.1) is 0 Å². The molecule has 0 saturated carbocycles. The standard InChI is InChI=1S/C47H34N4O/c1-47(2)42-16-8-6-14-38(42)39-20-18-36(27-43(39)47)50(37-24-32(31-11-10-22-48-28-31)23-33(25-37)46-29-49-30-52-46)35-19-21-45-41(26-35)40-15-7-9-17-44(40)51(45)34-12-4-3-5-13-34/h3-30H,1-2H3. The van der Waals surface area contributed by atoms with E-state index in [1.54, 1.807) is 6.20 Å². The molecule has 0 bridgehead atoms. The van der Waals surface area contributed by atoms with E-state index < -0.39 is 0 Å². The Morgan fingerprint density at radius 1 is 0.538 bits per heavy atom. The molecule has 5 nitrogen and oxygen atoms in total. The van der Waals surface area contributed by atoms with Crippen molar-refractivity contribution in [2.24, 2.45) is 0 Å². The highest BCUT2D eigenvalue weighted by Crippen LogP contribution is 2.51. The van der Waals surface area contributed by atoms with Crippen LogP contribution in [0.4, 0.5) is 17.1 Å². The predicted molar refractivity (Wildman–Crippen MR) is 212 cm³/mol. The molecule has 52 heavy (non-hydrogen) atoms. The maximum absolute atomic E-state index is 5.88. The number of fused-ring (bicyclic) bond motifs is 6. The highest BCUT2D eigenvalue weighted by Gasteiger charge is 2.36. The van der Waals surface area contributed by atoms with Crippen molar-refractivity contribution in [3.05, 3.63) is 182 Å². The topological polar surface area (TPSA) is 47.1 Å². The van der Waals surface area contributed by atoms with Gasteiger partial charge in [0.15, 0.2) is 12.2 Å². The van der Waals surface area contributed by atoms with Crippen molar-refractivity contribution < 1.29 is 4.42 Å². The summed E-state index contributed by atoms with van der Waals surface area (Å²) in [6.45, 7) is 4.67. The lowest BCUT2D eigenvalue weighted by molar-refractivity contribution is 0.572. The number of rotatable bonds is 6. The molecule has 0 N–H and O–H groups in total. The number of aromatic nitrogens is 3. The molecule has 0 spiro atoms. The fraction of sp³-hybridized carbons (Fsp3) is 0.0638. The van der Waals surface area contributed by atoms with Gasteiger partial charge in [0.1, 0.15) is 0 Å². The molecule has 1 aliphatic carbocycles. The summed E-state index contributed by atoms with van der Waals surface area (Å²) < 4.78 is 8.24. The molecule has 5 heteroatoms. The van der Waals surface area contributed by atoms with Crippen LogP contribution in [0.1, 0.15) is 25.0 Å². The molecule has 0 unspecified atom stereocenters. The number of nitrogens with zero attached hydrogens (tertiary/aromatic N) is 4. The van der Waals surface area contributed by atoms with Crippen molar-refractivity contribution in [2.75, 3.05) is 4.90 Å². The normalized spacial score (nSPS) is 13.0. The average molecular weight is 671 g/mol. The second-order valence-electron chi connectivity index (χ2n) is 14.0. The summed E-state index contributed by atoms with van der Waals surface area (Å²) in [5.41, 5.74) is 14.7. The number of oxazole rings is 1. The molecule has 0 fully saturated rings. The largest absolute Gasteiger partial charge is 0.444 e. The summed E-state index contributed by atoms with van der Waals surface area (Å²) in [4.78, 5) is 11.1. The highest BCUT2D eigenvalue weighted by atomic mass is 16.3. The van der Waals surface area contributed by atoms with Crippen molar-refractivity contribution in [1.29, 1.82) is 0 Å². The molecule has 0 saturated heterocycles. The first kappa shape index (κ1) is 30.1. The van der Waals surface area contributed by atoms with Gasteiger partial charge >= 0.3 is 0 Å². The first-order valence-corrected chi connectivity index (χ1v) is 17.6. The minimum Gasteiger partial charge on any atom is -0.444 e. The lowest BCUT2D eigenvalue weighted by Gasteiger charge is -2.29. The van der Waals surface area contributed by atoms with Crippen LogP contribution < -0.4 is 4.90 Å². The smallest absolute Gasteiger partial charge is 0.181 e. The van der Waals surface area contributed by atoms with Gasteiger partial charge in [0.05, 0.1) is 17.2 Å². The lowest BCUT2D eigenvalue weighted by Crippen LogP contribution is -2.16. The van der Waals surface area contributed by atoms with Crippen molar-refractivity contribution in [2.45, 2.75) is 19.3 Å². The zero-order valence-corrected chi connectivity index (χ0v) is 28.9. The predicted octanol–water partition coefficient (Wildman–Crippen LogP) is 12.3. The summed E-state index contributed by atoms with van der Waals surface area (Å²) in [6.07, 6.45) is 6.98. The van der Waals surface area contributed by atoms with E-state index in [-0.39, 0.29) is 5.41 Å². The van der Waals surface area contributed by atoms with Crippen LogP contribution in [-0.2, 0) is 5.41 Å². The zero-order chi connectivity index (χ0) is 34.8. The number of pyridine rings is 1. The van der Waals surface area contributed by atoms with Crippen molar-refractivity contribution in [3.63, 3.8) is 0 Å². The molecule has 3 heterocycles. The molecule has 0 aliphatic heterocycles. The zero-order valence-electron chi connectivity index (χ0n) is 28.9. The number of benzene rings is 6. The molecular formula is C47H34N4O. The van der Waals surface area contributed by atoms with Crippen LogP contribution in [0.5, 0.6) is 0 Å². The second-order valence-corrected chi connectivity index (χ2v) is 14.0. The molecular weight excluding hydrogens is 637 g/mol. The Balaban J connectivity index is 1.24. The third-order valence-corrected chi connectivity index (χ3v) is 10.6. The Hall–Kier alpha value is -6.72. The monoisotopic (exact) mass is 670 g/mol. The Bertz CT molecular complexity index is 2760. The molecule has 10 rings (SSSR count). The maximum atomic E-state index is 5.88. The van der Waals surface area contributed by atoms with Crippen LogP contribution in [0.15, 0.2) is 175 Å². The van der Waals surface area contributed by atoms with Crippen molar-refractivity contribution in [1.82, 2.24) is 14.5 Å². The number of anilines is 3. The third-order valence-electron chi connectivity index (χ3n) is 10.6. The van der Waals surface area contributed by atoms with Gasteiger partial charge in [-0.3, -0.25) is 4.98 Å². The van der Waals surface area contributed by atoms with E-state index in [0.717, 1.165) is 45.0 Å². The van der Waals surface area contributed by atoms with Gasteiger partial charge in [0, 0.05) is 62.5 Å². The summed E-state index contributed by atoms with van der Waals surface area (Å²) in [6, 6.07) is 52.6. The number of hydrogen-bond acceptors (Lipinski definition) is 4. The molecule has 0 radical (unpaired) electrons. The number of para-hydroxylation sites is 2. The van der Waals surface area contributed by atoms with Crippen LogP contribution >= 0.6 is 0 Å². The lowest BCUT2D eigenvalue weighted by atomic mass is 9.82. The first-order valence-electron chi connectivity index (χ1n) is 17.6. The summed E-state index contributed by atoms with van der Waals surface area (Å²) in [5.74, 6) is 0.707. The summed E-state index contributed by atoms with van der Waals surface area (Å²) >= 11 is 0. The van der Waals surface area contributed by atoms with E-state index in [4.69, 9.17) is 4.42 Å². The van der Waals surface area contributed by atoms with Gasteiger partial charge in [0.2, 0.25) is 0 Å². The second kappa shape index (κ2) is 11.7. The summed E-state index contributed by atoms with van der Waals surface area (Å²) in [5, 5.41) is 2.40. The quantitative estimate of drug-likeness (QED) is 0.177. The Morgan fingerprint density at radius 3 is 2.13 bits per heavy atom. The van der Waals surface area contributed by atoms with Crippen LogP contribution in [0.2, 0.25) is 0 Å². The third kappa shape index (κ3) is 4.70. The molecule has 0 amide bonds. The molecule has 0 atom stereocenters. The fourth-order valence-corrected chi connectivity index (χ4v) is 8.17. The van der Waals surface area contributed by atoms with Gasteiger partial charge in [-0.05, 0) is 101 Å². The van der Waals surface area contributed by atoms with E-state index in [1.807, 2.05) is 18.5 Å². The van der Waals surface area contributed by atoms with Gasteiger partial charge in [-0.25, -0.2) is 4.98 Å². The Labute approximate surface area is 302 Å². The van der Waals surface area contributed by atoms with Crippen LogP contribution in [0.25, 0.3) is 61.1 Å². The molecule has 1 aliphatic rings. The maximum Gasteiger partial charge on any atom is 0.181 e. The number of hydrogen-bond donors (Lipinski definition) is 0. The van der Waals surface area contributed by atoms with E-state index in [9.17, 15) is 0 Å². The molecule has 3 aromatic heterocycles. The van der Waals surface area contributed by atoms with Crippen molar-refractivity contribution in [3.8, 4) is 39.3 Å². The van der Waals surface area contributed by atoms with Crippen LogP contribution in [0.3, 0.4) is 0 Å². The van der Waals surface area contributed by atoms with Gasteiger partial charge in [-0.1, -0.05) is 86.6 Å². The highest BCUT2D eigenvalue weighted by molar-refractivity contribution is 6.10. The van der Waals surface area contributed by atoms with Gasteiger partial charge in [-0.15, -0.1) is 0 Å². The average Bonchev–Trinajstić information content (AvgIpc) is 3.91. The van der Waals surface area contributed by atoms with Crippen LogP contribution in [-0.4, -0.2) is 14.5 Å². The van der Waals surface area contributed by atoms with E-state index in [0.29, 0.717) is 5.76 Å². The van der Waals surface area contributed by atoms with Gasteiger partial charge in [0.25, 0.3) is 0 Å². The Kier molecular flexibility index (Phi) is 6.77. The van der Waals surface area contributed by atoms with E-state index in [1.165, 1.54) is 44.9 Å². The minimum absolute atomic E-state index is 0.150. The molecule has 6 aromatic carbocycles. The molecule has 9 aromatic rings. The van der Waals surface area contributed by atoms with E-state index >= 15 is 0 Å². The minimum atomic E-state index is -0.150. The van der Waals surface area contributed by atoms with Gasteiger partial charge in [-0.2, -0.15) is 0 Å². The first-order chi connectivity index (χ1) is 25.5. The van der Waals surface area contributed by atoms with E-state index in [2.05, 4.69) is 173 Å². The van der Waals surface area contributed by atoms with Crippen molar-refractivity contribution >= 4 is 38.9 Å². The fourth-order valence-electron chi connectivity index (χ4n) is 8.17.